The molecule has 0 amide bonds. The van der Waals surface area contributed by atoms with Crippen molar-refractivity contribution in [3.63, 3.8) is 0 Å². The van der Waals surface area contributed by atoms with Crippen LogP contribution in [0.15, 0.2) is 53.2 Å². The van der Waals surface area contributed by atoms with Gasteiger partial charge >= 0.3 is 0 Å². The van der Waals surface area contributed by atoms with Gasteiger partial charge in [0.05, 0.1) is 16.8 Å². The minimum Gasteiger partial charge on any atom is -0.371 e. The van der Waals surface area contributed by atoms with Crippen molar-refractivity contribution in [1.82, 2.24) is 0 Å². The number of hydrogen-bond acceptors (Lipinski definition) is 3. The van der Waals surface area contributed by atoms with Gasteiger partial charge in [-0.3, -0.25) is 0 Å². The molecule has 3 rings (SSSR count). The van der Waals surface area contributed by atoms with E-state index in [9.17, 15) is 0 Å². The van der Waals surface area contributed by atoms with Crippen LogP contribution in [0.25, 0.3) is 0 Å². The lowest BCUT2D eigenvalue weighted by molar-refractivity contribution is 0.989. The Hall–Kier alpha value is -1.29. The molecule has 2 aromatic heterocycles. The predicted molar refractivity (Wildman–Crippen MR) is 90.3 cm³/mol. The minimum atomic E-state index is 0.161. The van der Waals surface area contributed by atoms with Gasteiger partial charge in [0.1, 0.15) is 0 Å². The fourth-order valence-electron chi connectivity index (χ4n) is 2.15. The second kappa shape index (κ2) is 6.00. The summed E-state index contributed by atoms with van der Waals surface area (Å²) in [5.74, 6) is 0. The third kappa shape index (κ3) is 2.75. The fourth-order valence-corrected chi connectivity index (χ4v) is 4.09. The van der Waals surface area contributed by atoms with E-state index in [1.807, 2.05) is 12.1 Å². The molecule has 3 aromatic rings. The second-order valence-electron chi connectivity index (χ2n) is 4.54. The van der Waals surface area contributed by atoms with Gasteiger partial charge in [0.2, 0.25) is 0 Å². The summed E-state index contributed by atoms with van der Waals surface area (Å²) in [5.41, 5.74) is 2.18. The highest BCUT2D eigenvalue weighted by Gasteiger charge is 2.18. The van der Waals surface area contributed by atoms with Crippen molar-refractivity contribution in [2.45, 2.75) is 13.0 Å². The van der Waals surface area contributed by atoms with Crippen molar-refractivity contribution < 1.29 is 0 Å². The smallest absolute Gasteiger partial charge is 0.0954 e. The molecule has 0 spiro atoms. The van der Waals surface area contributed by atoms with Crippen molar-refractivity contribution in [2.24, 2.45) is 0 Å². The van der Waals surface area contributed by atoms with E-state index < -0.39 is 0 Å². The number of nitrogens with one attached hydrogen (secondary N) is 1. The normalized spacial score (nSPS) is 10.9. The van der Waals surface area contributed by atoms with Gasteiger partial charge in [0, 0.05) is 9.75 Å². The van der Waals surface area contributed by atoms with Crippen LogP contribution in [0.2, 0.25) is 5.02 Å². The third-order valence-corrected chi connectivity index (χ3v) is 5.36. The maximum atomic E-state index is 6.34. The first kappa shape index (κ1) is 13.7. The number of rotatable bonds is 4. The number of aryl methyl sites for hydroxylation is 1. The Bertz CT molecular complexity index is 620. The zero-order chi connectivity index (χ0) is 13.9. The van der Waals surface area contributed by atoms with Crippen molar-refractivity contribution >= 4 is 40.0 Å². The molecule has 0 aliphatic heterocycles. The Labute approximate surface area is 131 Å². The Morgan fingerprint density at radius 1 is 0.950 bits per heavy atom. The zero-order valence-electron chi connectivity index (χ0n) is 11.0. The van der Waals surface area contributed by atoms with Crippen LogP contribution in [-0.2, 0) is 0 Å². The van der Waals surface area contributed by atoms with Gasteiger partial charge in [-0.25, -0.2) is 0 Å². The molecule has 102 valence electrons. The van der Waals surface area contributed by atoms with Crippen molar-refractivity contribution in [3.8, 4) is 0 Å². The number of benzene rings is 1. The molecule has 1 N–H and O–H groups in total. The van der Waals surface area contributed by atoms with Crippen LogP contribution in [0.5, 0.6) is 0 Å². The Balaban J connectivity index is 1.99. The van der Waals surface area contributed by atoms with Crippen LogP contribution >= 0.6 is 34.3 Å². The predicted octanol–water partition coefficient (Wildman–Crippen LogP) is 5.97. The molecule has 0 saturated heterocycles. The standard InChI is InChI=1S/C16H14ClNS2/c1-11-5-2-6-12(17)15(11)18-16(13-7-3-9-19-13)14-8-4-10-20-14/h2-10,16,18H,1H3. The van der Waals surface area contributed by atoms with Crippen molar-refractivity contribution in [1.29, 1.82) is 0 Å². The molecule has 1 aromatic carbocycles. The van der Waals surface area contributed by atoms with E-state index in [4.69, 9.17) is 11.6 Å². The van der Waals surface area contributed by atoms with E-state index in [0.29, 0.717) is 0 Å². The molecule has 0 radical (unpaired) electrons. The van der Waals surface area contributed by atoms with Gasteiger partial charge in [-0.1, -0.05) is 35.9 Å². The third-order valence-electron chi connectivity index (χ3n) is 3.17. The van der Waals surface area contributed by atoms with Gasteiger partial charge in [0.15, 0.2) is 0 Å². The molecule has 0 saturated carbocycles. The molecule has 0 fully saturated rings. The molecule has 0 atom stereocenters. The Morgan fingerprint density at radius 3 is 2.10 bits per heavy atom. The van der Waals surface area contributed by atoms with E-state index >= 15 is 0 Å². The summed E-state index contributed by atoms with van der Waals surface area (Å²) >= 11 is 9.86. The highest BCUT2D eigenvalue weighted by Crippen LogP contribution is 2.35. The maximum Gasteiger partial charge on any atom is 0.0954 e. The Morgan fingerprint density at radius 2 is 1.60 bits per heavy atom. The highest BCUT2D eigenvalue weighted by atomic mass is 35.5. The topological polar surface area (TPSA) is 12.0 Å². The molecule has 1 nitrogen and oxygen atoms in total. The molecule has 0 bridgehead atoms. The lowest BCUT2D eigenvalue weighted by atomic mass is 10.1. The first-order valence-corrected chi connectivity index (χ1v) is 8.48. The molecule has 0 aliphatic carbocycles. The van der Waals surface area contributed by atoms with Crippen molar-refractivity contribution in [3.05, 3.63) is 73.6 Å². The summed E-state index contributed by atoms with van der Waals surface area (Å²) in [5, 5.41) is 8.59. The summed E-state index contributed by atoms with van der Waals surface area (Å²) in [6, 6.07) is 14.6. The van der Waals surface area contributed by atoms with E-state index in [0.717, 1.165) is 16.3 Å². The molecule has 2 heterocycles. The maximum absolute atomic E-state index is 6.34. The van der Waals surface area contributed by atoms with Crippen LogP contribution < -0.4 is 5.32 Å². The van der Waals surface area contributed by atoms with Gasteiger partial charge in [-0.2, -0.15) is 0 Å². The SMILES string of the molecule is Cc1cccc(Cl)c1NC(c1cccs1)c1cccs1. The monoisotopic (exact) mass is 319 g/mol. The molecule has 20 heavy (non-hydrogen) atoms. The molecule has 0 unspecified atom stereocenters. The number of thiophene rings is 2. The van der Waals surface area contributed by atoms with Crippen LogP contribution in [0.4, 0.5) is 5.69 Å². The van der Waals surface area contributed by atoms with Crippen LogP contribution in [-0.4, -0.2) is 0 Å². The van der Waals surface area contributed by atoms with Gasteiger partial charge in [-0.05, 0) is 41.4 Å². The highest BCUT2D eigenvalue weighted by molar-refractivity contribution is 7.11. The van der Waals surface area contributed by atoms with E-state index in [1.165, 1.54) is 9.75 Å². The summed E-state index contributed by atoms with van der Waals surface area (Å²) in [6.07, 6.45) is 0. The second-order valence-corrected chi connectivity index (χ2v) is 6.91. The lowest BCUT2D eigenvalue weighted by Gasteiger charge is -2.20. The summed E-state index contributed by atoms with van der Waals surface area (Å²) in [6.45, 7) is 2.08. The van der Waals surface area contributed by atoms with E-state index in [2.05, 4.69) is 53.3 Å². The number of para-hydroxylation sites is 1. The van der Waals surface area contributed by atoms with E-state index in [-0.39, 0.29) is 6.04 Å². The summed E-state index contributed by atoms with van der Waals surface area (Å²) in [4.78, 5) is 2.60. The number of anilines is 1. The fraction of sp³-hybridized carbons (Fsp3) is 0.125. The van der Waals surface area contributed by atoms with E-state index in [1.54, 1.807) is 22.7 Å². The summed E-state index contributed by atoms with van der Waals surface area (Å²) < 4.78 is 0. The molecular formula is C16H14ClNS2. The van der Waals surface area contributed by atoms with Gasteiger partial charge in [0.25, 0.3) is 0 Å². The zero-order valence-corrected chi connectivity index (χ0v) is 13.4. The van der Waals surface area contributed by atoms with Crippen LogP contribution in [0.1, 0.15) is 21.4 Å². The van der Waals surface area contributed by atoms with Crippen LogP contribution in [0.3, 0.4) is 0 Å². The number of halogens is 1. The first-order valence-electron chi connectivity index (χ1n) is 6.34. The molecular weight excluding hydrogens is 306 g/mol. The molecule has 0 aliphatic rings. The minimum absolute atomic E-state index is 0.161. The van der Waals surface area contributed by atoms with Gasteiger partial charge in [-0.15, -0.1) is 22.7 Å². The number of hydrogen-bond donors (Lipinski definition) is 1. The average Bonchev–Trinajstić information content (AvgIpc) is 3.12. The van der Waals surface area contributed by atoms with Gasteiger partial charge < -0.3 is 5.32 Å². The first-order chi connectivity index (χ1) is 9.75. The summed E-state index contributed by atoms with van der Waals surface area (Å²) in [7, 11) is 0. The van der Waals surface area contributed by atoms with Crippen molar-refractivity contribution in [2.75, 3.05) is 5.32 Å². The lowest BCUT2D eigenvalue weighted by Crippen LogP contribution is -2.10. The average molecular weight is 320 g/mol. The van der Waals surface area contributed by atoms with Crippen LogP contribution in [0, 0.1) is 6.92 Å². The quantitative estimate of drug-likeness (QED) is 0.624. The largest absolute Gasteiger partial charge is 0.371 e. The molecule has 4 heteroatoms. The Kier molecular flexibility index (Phi) is 4.10.